The van der Waals surface area contributed by atoms with Crippen LogP contribution in [0.25, 0.3) is 0 Å². The number of nitrogens with one attached hydrogen (secondary N) is 1. The van der Waals surface area contributed by atoms with Crippen LogP contribution in [0.1, 0.15) is 6.92 Å². The van der Waals surface area contributed by atoms with Crippen molar-refractivity contribution >= 4 is 0 Å². The third-order valence-electron chi connectivity index (χ3n) is 2.30. The van der Waals surface area contributed by atoms with E-state index in [-0.39, 0.29) is 6.61 Å². The van der Waals surface area contributed by atoms with Crippen molar-refractivity contribution in [3.63, 3.8) is 0 Å². The molecular weight excluding hydrogens is 128 g/mol. The van der Waals surface area contributed by atoms with E-state index in [2.05, 4.69) is 24.2 Å². The molecule has 0 aromatic carbocycles. The number of likely N-dealkylation sites (N-methyl/N-ethyl adjacent to an activating group) is 1. The largest absolute Gasteiger partial charge is 0.395 e. The van der Waals surface area contributed by atoms with Crippen molar-refractivity contribution in [3.05, 3.63) is 0 Å². The molecule has 0 aromatic rings. The van der Waals surface area contributed by atoms with Gasteiger partial charge in [0.25, 0.3) is 0 Å². The van der Waals surface area contributed by atoms with Crippen LogP contribution in [0, 0.1) is 0 Å². The van der Waals surface area contributed by atoms with Gasteiger partial charge in [0, 0.05) is 25.2 Å². The van der Waals surface area contributed by atoms with E-state index in [1.54, 1.807) is 0 Å². The molecule has 0 radical (unpaired) electrons. The molecule has 0 aromatic heterocycles. The van der Waals surface area contributed by atoms with Gasteiger partial charge in [-0.15, -0.1) is 0 Å². The predicted molar refractivity (Wildman–Crippen MR) is 41.0 cm³/mol. The summed E-state index contributed by atoms with van der Waals surface area (Å²) in [5, 5.41) is 12.2. The summed E-state index contributed by atoms with van der Waals surface area (Å²) in [5.41, 5.74) is 0. The van der Waals surface area contributed by atoms with Gasteiger partial charge in [-0.2, -0.15) is 0 Å². The lowest BCUT2D eigenvalue weighted by Crippen LogP contribution is -2.55. The van der Waals surface area contributed by atoms with Gasteiger partial charge in [-0.1, -0.05) is 0 Å². The van der Waals surface area contributed by atoms with Gasteiger partial charge in [0.05, 0.1) is 6.61 Å². The second-order valence-electron chi connectivity index (χ2n) is 3.01. The molecule has 0 amide bonds. The maximum atomic E-state index is 8.90. The number of rotatable bonds is 1. The van der Waals surface area contributed by atoms with Gasteiger partial charge in [0.2, 0.25) is 0 Å². The first-order valence-electron chi connectivity index (χ1n) is 3.79. The van der Waals surface area contributed by atoms with Crippen LogP contribution < -0.4 is 5.32 Å². The van der Waals surface area contributed by atoms with E-state index in [4.69, 9.17) is 5.11 Å². The molecular formula is C7H16N2O. The highest BCUT2D eigenvalue weighted by Gasteiger charge is 2.22. The molecule has 1 aliphatic rings. The highest BCUT2D eigenvalue weighted by Crippen LogP contribution is 2.05. The van der Waals surface area contributed by atoms with E-state index >= 15 is 0 Å². The molecule has 0 aliphatic carbocycles. The fourth-order valence-electron chi connectivity index (χ4n) is 1.30. The molecule has 0 spiro atoms. The number of aliphatic hydroxyl groups is 1. The van der Waals surface area contributed by atoms with Crippen molar-refractivity contribution in [1.29, 1.82) is 0 Å². The lowest BCUT2D eigenvalue weighted by atomic mass is 10.1. The summed E-state index contributed by atoms with van der Waals surface area (Å²) in [5.74, 6) is 0. The molecule has 3 heteroatoms. The fourth-order valence-corrected chi connectivity index (χ4v) is 1.30. The van der Waals surface area contributed by atoms with E-state index in [0.717, 1.165) is 13.1 Å². The Kier molecular flexibility index (Phi) is 2.65. The van der Waals surface area contributed by atoms with Crippen LogP contribution in [-0.4, -0.2) is 48.8 Å². The first-order chi connectivity index (χ1) is 4.75. The zero-order valence-electron chi connectivity index (χ0n) is 6.67. The Morgan fingerprint density at radius 1 is 1.60 bits per heavy atom. The van der Waals surface area contributed by atoms with Gasteiger partial charge in [-0.05, 0) is 14.0 Å². The van der Waals surface area contributed by atoms with Crippen molar-refractivity contribution in [1.82, 2.24) is 10.2 Å². The lowest BCUT2D eigenvalue weighted by Gasteiger charge is -2.37. The Balaban J connectivity index is 2.42. The summed E-state index contributed by atoms with van der Waals surface area (Å²) in [4.78, 5) is 2.22. The zero-order chi connectivity index (χ0) is 7.56. The van der Waals surface area contributed by atoms with Crippen LogP contribution in [0.4, 0.5) is 0 Å². The SMILES string of the molecule is CC1CNCC(CO)N1C. The number of hydrogen-bond donors (Lipinski definition) is 2. The average Bonchev–Trinajstić information content (AvgIpc) is 1.95. The topological polar surface area (TPSA) is 35.5 Å². The minimum atomic E-state index is 0.258. The summed E-state index contributed by atoms with van der Waals surface area (Å²) in [7, 11) is 2.06. The third-order valence-corrected chi connectivity index (χ3v) is 2.30. The first kappa shape index (κ1) is 7.98. The third kappa shape index (κ3) is 1.48. The van der Waals surface area contributed by atoms with Crippen molar-refractivity contribution < 1.29 is 5.11 Å². The fraction of sp³-hybridized carbons (Fsp3) is 1.00. The Morgan fingerprint density at radius 2 is 2.30 bits per heavy atom. The molecule has 1 saturated heterocycles. The van der Waals surface area contributed by atoms with Gasteiger partial charge < -0.3 is 10.4 Å². The molecule has 1 heterocycles. The monoisotopic (exact) mass is 144 g/mol. The number of piperazine rings is 1. The summed E-state index contributed by atoms with van der Waals surface area (Å²) in [6.07, 6.45) is 0. The molecule has 0 saturated carbocycles. The average molecular weight is 144 g/mol. The molecule has 2 unspecified atom stereocenters. The first-order valence-corrected chi connectivity index (χ1v) is 3.79. The summed E-state index contributed by atoms with van der Waals surface area (Å²) in [6.45, 7) is 4.37. The Morgan fingerprint density at radius 3 is 2.80 bits per heavy atom. The molecule has 2 atom stereocenters. The van der Waals surface area contributed by atoms with E-state index in [1.807, 2.05) is 0 Å². The smallest absolute Gasteiger partial charge is 0.0599 e. The number of nitrogens with zero attached hydrogens (tertiary/aromatic N) is 1. The summed E-state index contributed by atoms with van der Waals surface area (Å²) in [6, 6.07) is 0.856. The normalized spacial score (nSPS) is 36.3. The second-order valence-corrected chi connectivity index (χ2v) is 3.01. The van der Waals surface area contributed by atoms with Crippen LogP contribution in [0.2, 0.25) is 0 Å². The van der Waals surface area contributed by atoms with Crippen LogP contribution in [0.3, 0.4) is 0 Å². The van der Waals surface area contributed by atoms with Gasteiger partial charge in [-0.25, -0.2) is 0 Å². The van der Waals surface area contributed by atoms with Crippen molar-refractivity contribution in [2.24, 2.45) is 0 Å². The van der Waals surface area contributed by atoms with Gasteiger partial charge in [-0.3, -0.25) is 4.90 Å². The summed E-state index contributed by atoms with van der Waals surface area (Å²) < 4.78 is 0. The zero-order valence-corrected chi connectivity index (χ0v) is 6.67. The standard InChI is InChI=1S/C7H16N2O/c1-6-3-8-4-7(5-10)9(6)2/h6-8,10H,3-5H2,1-2H3. The summed E-state index contributed by atoms with van der Waals surface area (Å²) >= 11 is 0. The van der Waals surface area contributed by atoms with E-state index in [9.17, 15) is 0 Å². The van der Waals surface area contributed by atoms with Crippen molar-refractivity contribution in [2.75, 3.05) is 26.7 Å². The quantitative estimate of drug-likeness (QED) is 0.509. The highest BCUT2D eigenvalue weighted by atomic mass is 16.3. The van der Waals surface area contributed by atoms with Crippen LogP contribution in [0.15, 0.2) is 0 Å². The van der Waals surface area contributed by atoms with Gasteiger partial charge in [0.15, 0.2) is 0 Å². The molecule has 1 aliphatic heterocycles. The molecule has 60 valence electrons. The molecule has 1 rings (SSSR count). The van der Waals surface area contributed by atoms with Crippen LogP contribution >= 0.6 is 0 Å². The Bertz CT molecular complexity index is 108. The van der Waals surface area contributed by atoms with E-state index in [1.165, 1.54) is 0 Å². The molecule has 10 heavy (non-hydrogen) atoms. The number of hydrogen-bond acceptors (Lipinski definition) is 3. The minimum Gasteiger partial charge on any atom is -0.395 e. The predicted octanol–water partition coefficient (Wildman–Crippen LogP) is -0.729. The maximum Gasteiger partial charge on any atom is 0.0599 e. The van der Waals surface area contributed by atoms with Crippen molar-refractivity contribution in [2.45, 2.75) is 19.0 Å². The molecule has 0 bridgehead atoms. The molecule has 2 N–H and O–H groups in total. The molecule has 3 nitrogen and oxygen atoms in total. The Hall–Kier alpha value is -0.120. The molecule has 1 fully saturated rings. The van der Waals surface area contributed by atoms with Crippen molar-refractivity contribution in [3.8, 4) is 0 Å². The maximum absolute atomic E-state index is 8.90. The minimum absolute atomic E-state index is 0.258. The van der Waals surface area contributed by atoms with E-state index in [0.29, 0.717) is 12.1 Å². The van der Waals surface area contributed by atoms with Gasteiger partial charge >= 0.3 is 0 Å². The number of aliphatic hydroxyl groups excluding tert-OH is 1. The highest BCUT2D eigenvalue weighted by molar-refractivity contribution is 4.81. The van der Waals surface area contributed by atoms with Crippen LogP contribution in [0.5, 0.6) is 0 Å². The second kappa shape index (κ2) is 3.32. The Labute approximate surface area is 62.0 Å². The lowest BCUT2D eigenvalue weighted by molar-refractivity contribution is 0.0877. The van der Waals surface area contributed by atoms with Crippen LogP contribution in [-0.2, 0) is 0 Å². The van der Waals surface area contributed by atoms with Gasteiger partial charge in [0.1, 0.15) is 0 Å². The van der Waals surface area contributed by atoms with E-state index < -0.39 is 0 Å².